The van der Waals surface area contributed by atoms with E-state index in [1.807, 2.05) is 11.0 Å². The summed E-state index contributed by atoms with van der Waals surface area (Å²) in [6.07, 6.45) is 4.65. The number of aliphatic hydroxyl groups is 1. The fraction of sp³-hybridized carbons (Fsp3) is 0.625. The zero-order chi connectivity index (χ0) is 15.2. The molecule has 1 fully saturated rings. The first-order valence-corrected chi connectivity index (χ1v) is 8.08. The van der Waals surface area contributed by atoms with Crippen molar-refractivity contribution in [2.45, 2.75) is 39.0 Å². The molecule has 4 nitrogen and oxygen atoms in total. The molecule has 2 rings (SSSR count). The number of likely N-dealkylation sites (tertiary alicyclic amines) is 1. The third-order valence-corrected chi connectivity index (χ3v) is 4.14. The number of pyridine rings is 1. The van der Waals surface area contributed by atoms with Gasteiger partial charge in [-0.15, -0.1) is 0 Å². The van der Waals surface area contributed by atoms with Crippen LogP contribution in [-0.2, 0) is 6.42 Å². The monoisotopic (exact) mass is 310 g/mol. The van der Waals surface area contributed by atoms with Crippen molar-refractivity contribution < 1.29 is 9.90 Å². The van der Waals surface area contributed by atoms with E-state index in [9.17, 15) is 4.79 Å². The fourth-order valence-electron chi connectivity index (χ4n) is 2.91. The fourth-order valence-corrected chi connectivity index (χ4v) is 3.14. The van der Waals surface area contributed by atoms with Crippen molar-refractivity contribution >= 4 is 17.5 Å². The third-order valence-electron chi connectivity index (χ3n) is 3.94. The quantitative estimate of drug-likeness (QED) is 0.851. The number of halogens is 1. The van der Waals surface area contributed by atoms with Crippen LogP contribution in [0, 0.1) is 5.92 Å². The van der Waals surface area contributed by atoms with Crippen LogP contribution >= 0.6 is 11.6 Å². The van der Waals surface area contributed by atoms with Crippen molar-refractivity contribution in [2.75, 3.05) is 19.7 Å². The van der Waals surface area contributed by atoms with E-state index in [2.05, 4.69) is 11.9 Å². The van der Waals surface area contributed by atoms with E-state index < -0.39 is 0 Å². The molecule has 1 atom stereocenters. The van der Waals surface area contributed by atoms with Crippen LogP contribution in [0.5, 0.6) is 0 Å². The van der Waals surface area contributed by atoms with Gasteiger partial charge in [-0.25, -0.2) is 4.98 Å². The van der Waals surface area contributed by atoms with Gasteiger partial charge in [-0.1, -0.05) is 24.9 Å². The van der Waals surface area contributed by atoms with Crippen LogP contribution in [-0.4, -0.2) is 40.6 Å². The molecule has 0 spiro atoms. The van der Waals surface area contributed by atoms with E-state index in [0.29, 0.717) is 16.6 Å². The maximum Gasteiger partial charge on any atom is 0.254 e. The zero-order valence-corrected chi connectivity index (χ0v) is 13.3. The van der Waals surface area contributed by atoms with Crippen LogP contribution in [0.4, 0.5) is 0 Å². The van der Waals surface area contributed by atoms with Crippen molar-refractivity contribution in [1.29, 1.82) is 0 Å². The zero-order valence-electron chi connectivity index (χ0n) is 12.5. The highest BCUT2D eigenvalue weighted by Gasteiger charge is 2.24. The summed E-state index contributed by atoms with van der Waals surface area (Å²) in [5.74, 6) is 0.430. The molecule has 1 N–H and O–H groups in total. The summed E-state index contributed by atoms with van der Waals surface area (Å²) in [5.41, 5.74) is 1.50. The van der Waals surface area contributed by atoms with E-state index in [-0.39, 0.29) is 12.5 Å². The van der Waals surface area contributed by atoms with Gasteiger partial charge in [-0.05, 0) is 43.7 Å². The Morgan fingerprint density at radius 1 is 1.52 bits per heavy atom. The van der Waals surface area contributed by atoms with Gasteiger partial charge in [0.1, 0.15) is 5.15 Å². The lowest BCUT2D eigenvalue weighted by Gasteiger charge is -2.32. The summed E-state index contributed by atoms with van der Waals surface area (Å²) < 4.78 is 0. The summed E-state index contributed by atoms with van der Waals surface area (Å²) >= 11 is 6.03. The molecule has 116 valence electrons. The van der Waals surface area contributed by atoms with Crippen LogP contribution in [0.1, 0.15) is 48.7 Å². The lowest BCUT2D eigenvalue weighted by Crippen LogP contribution is -2.40. The molecule has 1 unspecified atom stereocenters. The molecule has 0 bridgehead atoms. The van der Waals surface area contributed by atoms with Crippen molar-refractivity contribution in [1.82, 2.24) is 9.88 Å². The van der Waals surface area contributed by atoms with Crippen molar-refractivity contribution in [3.8, 4) is 0 Å². The van der Waals surface area contributed by atoms with Gasteiger partial charge in [-0.2, -0.15) is 0 Å². The van der Waals surface area contributed by atoms with Gasteiger partial charge >= 0.3 is 0 Å². The maximum atomic E-state index is 12.6. The second-order valence-electron chi connectivity index (χ2n) is 5.69. The van der Waals surface area contributed by atoms with E-state index in [1.54, 1.807) is 6.07 Å². The third kappa shape index (κ3) is 4.42. The highest BCUT2D eigenvalue weighted by atomic mass is 35.5. The molecule has 0 radical (unpaired) electrons. The van der Waals surface area contributed by atoms with Crippen LogP contribution in [0.2, 0.25) is 5.15 Å². The minimum absolute atomic E-state index is 0.0271. The minimum Gasteiger partial charge on any atom is -0.396 e. The second-order valence-corrected chi connectivity index (χ2v) is 6.08. The Morgan fingerprint density at radius 3 is 3.05 bits per heavy atom. The Hall–Kier alpha value is -1.13. The molecule has 1 aliphatic heterocycles. The lowest BCUT2D eigenvalue weighted by molar-refractivity contribution is 0.0653. The van der Waals surface area contributed by atoms with Gasteiger partial charge in [0, 0.05) is 31.0 Å². The number of hydrogen-bond donors (Lipinski definition) is 1. The minimum atomic E-state index is 0.0271. The van der Waals surface area contributed by atoms with E-state index in [4.69, 9.17) is 16.7 Å². The number of carbonyl (C=O) groups is 1. The van der Waals surface area contributed by atoms with Crippen LogP contribution in [0.3, 0.4) is 0 Å². The van der Waals surface area contributed by atoms with Gasteiger partial charge in [0.2, 0.25) is 0 Å². The molecule has 21 heavy (non-hydrogen) atoms. The van der Waals surface area contributed by atoms with Crippen molar-refractivity contribution in [2.24, 2.45) is 5.92 Å². The van der Waals surface area contributed by atoms with E-state index in [0.717, 1.165) is 50.9 Å². The van der Waals surface area contributed by atoms with Crippen LogP contribution in [0.15, 0.2) is 12.1 Å². The van der Waals surface area contributed by atoms with Gasteiger partial charge in [0.25, 0.3) is 5.91 Å². The Morgan fingerprint density at radius 2 is 2.33 bits per heavy atom. The Kier molecular flexibility index (Phi) is 6.00. The van der Waals surface area contributed by atoms with Crippen LogP contribution < -0.4 is 0 Å². The topological polar surface area (TPSA) is 53.4 Å². The SMILES string of the molecule is CCCc1cc(C(=O)N2CCCC(CCO)C2)cc(Cl)n1. The number of amides is 1. The summed E-state index contributed by atoms with van der Waals surface area (Å²) in [6, 6.07) is 3.51. The number of aliphatic hydroxyl groups excluding tert-OH is 1. The number of aromatic nitrogens is 1. The summed E-state index contributed by atoms with van der Waals surface area (Å²) in [7, 11) is 0. The molecule has 1 aromatic rings. The second kappa shape index (κ2) is 7.76. The molecule has 0 aliphatic carbocycles. The largest absolute Gasteiger partial charge is 0.396 e. The normalized spacial score (nSPS) is 18.8. The molecular weight excluding hydrogens is 288 g/mol. The Bertz CT molecular complexity index is 491. The average Bonchev–Trinajstić information content (AvgIpc) is 2.47. The number of carbonyl (C=O) groups excluding carboxylic acids is 1. The standard InChI is InChI=1S/C16H23ClN2O2/c1-2-4-14-9-13(10-15(17)18-14)16(21)19-7-3-5-12(11-19)6-8-20/h9-10,12,20H,2-8,11H2,1H3. The van der Waals surface area contributed by atoms with E-state index >= 15 is 0 Å². The first kappa shape index (κ1) is 16.2. The molecule has 2 heterocycles. The molecule has 1 aromatic heterocycles. The van der Waals surface area contributed by atoms with Gasteiger partial charge in [-0.3, -0.25) is 4.79 Å². The number of piperidine rings is 1. The number of nitrogens with zero attached hydrogens (tertiary/aromatic N) is 2. The highest BCUT2D eigenvalue weighted by Crippen LogP contribution is 2.22. The van der Waals surface area contributed by atoms with Gasteiger partial charge < -0.3 is 10.0 Å². The first-order chi connectivity index (χ1) is 10.1. The molecule has 0 saturated carbocycles. The molecule has 5 heteroatoms. The van der Waals surface area contributed by atoms with Crippen molar-refractivity contribution in [3.63, 3.8) is 0 Å². The number of hydrogen-bond acceptors (Lipinski definition) is 3. The molecule has 1 amide bonds. The smallest absolute Gasteiger partial charge is 0.254 e. The molecular formula is C16H23ClN2O2. The van der Waals surface area contributed by atoms with Gasteiger partial charge in [0.15, 0.2) is 0 Å². The molecule has 1 aliphatic rings. The predicted octanol–water partition coefficient (Wildman–Crippen LogP) is 2.92. The summed E-state index contributed by atoms with van der Waals surface area (Å²) in [5, 5.41) is 9.45. The maximum absolute atomic E-state index is 12.6. The Balaban J connectivity index is 2.11. The molecule has 1 saturated heterocycles. The molecule has 0 aromatic carbocycles. The average molecular weight is 311 g/mol. The lowest BCUT2D eigenvalue weighted by atomic mass is 9.94. The van der Waals surface area contributed by atoms with E-state index in [1.165, 1.54) is 0 Å². The summed E-state index contributed by atoms with van der Waals surface area (Å²) in [4.78, 5) is 18.8. The summed E-state index contributed by atoms with van der Waals surface area (Å²) in [6.45, 7) is 3.77. The first-order valence-electron chi connectivity index (χ1n) is 7.70. The van der Waals surface area contributed by atoms with Crippen molar-refractivity contribution in [3.05, 3.63) is 28.5 Å². The number of aryl methyl sites for hydroxylation is 1. The van der Waals surface area contributed by atoms with Gasteiger partial charge in [0.05, 0.1) is 0 Å². The predicted molar refractivity (Wildman–Crippen MR) is 83.6 cm³/mol. The van der Waals surface area contributed by atoms with Crippen LogP contribution in [0.25, 0.3) is 0 Å². The highest BCUT2D eigenvalue weighted by molar-refractivity contribution is 6.29. The number of rotatable bonds is 5. The Labute approximate surface area is 131 Å².